The third kappa shape index (κ3) is 2.62. The highest BCUT2D eigenvalue weighted by molar-refractivity contribution is 8.00. The molecule has 0 bridgehead atoms. The fourth-order valence-corrected chi connectivity index (χ4v) is 4.43. The number of nitrogens with two attached hydrogens (primary N) is 1. The Labute approximate surface area is 124 Å². The van der Waals surface area contributed by atoms with Gasteiger partial charge in [0.2, 0.25) is 0 Å². The predicted molar refractivity (Wildman–Crippen MR) is 82.2 cm³/mol. The molecule has 4 nitrogen and oxygen atoms in total. The number of nitrogens with one attached hydrogen (secondary N) is 1. The first-order chi connectivity index (χ1) is 9.73. The van der Waals surface area contributed by atoms with Crippen molar-refractivity contribution in [3.8, 4) is 11.5 Å². The summed E-state index contributed by atoms with van der Waals surface area (Å²) in [5.41, 5.74) is 4.18. The standard InChI is InChI=1S/C15H22N2O2S/c1-15(6-2-9-20-15)14(17-16)11-4-5-12-13(10-11)19-8-3-7-18-12/h4-5,10,14,17H,2-3,6-9,16H2,1H3. The van der Waals surface area contributed by atoms with E-state index in [0.717, 1.165) is 24.5 Å². The maximum atomic E-state index is 5.84. The van der Waals surface area contributed by atoms with E-state index in [1.165, 1.54) is 24.2 Å². The van der Waals surface area contributed by atoms with Crippen LogP contribution < -0.4 is 20.7 Å². The van der Waals surface area contributed by atoms with E-state index < -0.39 is 0 Å². The lowest BCUT2D eigenvalue weighted by molar-refractivity contribution is 0.296. The molecule has 1 aromatic rings. The Kier molecular flexibility index (Phi) is 4.10. The molecule has 1 aromatic carbocycles. The van der Waals surface area contributed by atoms with Crippen molar-refractivity contribution < 1.29 is 9.47 Å². The van der Waals surface area contributed by atoms with Crippen molar-refractivity contribution in [1.29, 1.82) is 0 Å². The van der Waals surface area contributed by atoms with Gasteiger partial charge >= 0.3 is 0 Å². The Bertz CT molecular complexity index is 475. The number of fused-ring (bicyclic) bond motifs is 1. The van der Waals surface area contributed by atoms with Crippen LogP contribution in [0.5, 0.6) is 11.5 Å². The van der Waals surface area contributed by atoms with Crippen LogP contribution >= 0.6 is 11.8 Å². The molecule has 20 heavy (non-hydrogen) atoms. The SMILES string of the molecule is CC1(C(NN)c2ccc3c(c2)OCCCO3)CCCS1. The second-order valence-electron chi connectivity index (χ2n) is 5.62. The topological polar surface area (TPSA) is 56.5 Å². The van der Waals surface area contributed by atoms with Gasteiger partial charge in [-0.25, -0.2) is 0 Å². The number of hydrogen-bond donors (Lipinski definition) is 2. The summed E-state index contributed by atoms with van der Waals surface area (Å²) < 4.78 is 11.6. The maximum absolute atomic E-state index is 5.84. The van der Waals surface area contributed by atoms with Crippen molar-refractivity contribution in [2.45, 2.75) is 37.0 Å². The Morgan fingerprint density at radius 2 is 2.05 bits per heavy atom. The summed E-state index contributed by atoms with van der Waals surface area (Å²) in [6.45, 7) is 3.72. The lowest BCUT2D eigenvalue weighted by Gasteiger charge is -2.33. The number of hydrogen-bond acceptors (Lipinski definition) is 5. The van der Waals surface area contributed by atoms with Crippen molar-refractivity contribution in [2.75, 3.05) is 19.0 Å². The molecule has 0 saturated carbocycles. The molecule has 0 aliphatic carbocycles. The van der Waals surface area contributed by atoms with Gasteiger partial charge in [-0.2, -0.15) is 11.8 Å². The molecular formula is C15H22N2O2S. The molecule has 3 N–H and O–H groups in total. The van der Waals surface area contributed by atoms with Crippen molar-refractivity contribution in [3.05, 3.63) is 23.8 Å². The first kappa shape index (κ1) is 14.0. The fraction of sp³-hybridized carbons (Fsp3) is 0.600. The second-order valence-corrected chi connectivity index (χ2v) is 7.25. The monoisotopic (exact) mass is 294 g/mol. The molecule has 110 valence electrons. The van der Waals surface area contributed by atoms with Crippen LogP contribution in [0.2, 0.25) is 0 Å². The summed E-state index contributed by atoms with van der Waals surface area (Å²) >= 11 is 2.00. The zero-order chi connectivity index (χ0) is 14.0. The molecular weight excluding hydrogens is 272 g/mol. The molecule has 2 aliphatic rings. The van der Waals surface area contributed by atoms with Gasteiger partial charge in [-0.3, -0.25) is 11.3 Å². The van der Waals surface area contributed by atoms with Crippen LogP contribution in [-0.4, -0.2) is 23.7 Å². The average molecular weight is 294 g/mol. The van der Waals surface area contributed by atoms with Crippen LogP contribution in [0.1, 0.15) is 37.8 Å². The van der Waals surface area contributed by atoms with E-state index >= 15 is 0 Å². The highest BCUT2D eigenvalue weighted by Gasteiger charge is 2.38. The van der Waals surface area contributed by atoms with Gasteiger partial charge < -0.3 is 9.47 Å². The van der Waals surface area contributed by atoms with Gasteiger partial charge in [-0.1, -0.05) is 6.07 Å². The van der Waals surface area contributed by atoms with Crippen molar-refractivity contribution in [1.82, 2.24) is 5.43 Å². The summed E-state index contributed by atoms with van der Waals surface area (Å²) in [5.74, 6) is 8.73. The largest absolute Gasteiger partial charge is 0.490 e. The predicted octanol–water partition coefficient (Wildman–Crippen LogP) is 2.64. The molecule has 0 aromatic heterocycles. The molecule has 2 atom stereocenters. The summed E-state index contributed by atoms with van der Waals surface area (Å²) in [4.78, 5) is 0. The molecule has 0 amide bonds. The average Bonchev–Trinajstić information content (AvgIpc) is 2.75. The van der Waals surface area contributed by atoms with Gasteiger partial charge in [0, 0.05) is 11.2 Å². The van der Waals surface area contributed by atoms with E-state index in [9.17, 15) is 0 Å². The first-order valence-electron chi connectivity index (χ1n) is 7.22. The Balaban J connectivity index is 1.90. The maximum Gasteiger partial charge on any atom is 0.161 e. The minimum Gasteiger partial charge on any atom is -0.490 e. The summed E-state index contributed by atoms with van der Waals surface area (Å²) in [5, 5.41) is 0. The highest BCUT2D eigenvalue weighted by atomic mass is 32.2. The number of thioether (sulfide) groups is 1. The van der Waals surface area contributed by atoms with Gasteiger partial charge in [0.25, 0.3) is 0 Å². The van der Waals surface area contributed by atoms with Crippen LogP contribution in [0, 0.1) is 0 Å². The molecule has 1 saturated heterocycles. The fourth-order valence-electron chi connectivity index (χ4n) is 3.01. The van der Waals surface area contributed by atoms with Crippen LogP contribution in [0.4, 0.5) is 0 Å². The molecule has 3 rings (SSSR count). The van der Waals surface area contributed by atoms with Crippen LogP contribution in [0.25, 0.3) is 0 Å². The van der Waals surface area contributed by atoms with E-state index in [4.69, 9.17) is 15.3 Å². The number of rotatable bonds is 3. The van der Waals surface area contributed by atoms with Gasteiger partial charge in [0.15, 0.2) is 11.5 Å². The number of ether oxygens (including phenoxy) is 2. The summed E-state index contributed by atoms with van der Waals surface area (Å²) in [6.07, 6.45) is 3.36. The van der Waals surface area contributed by atoms with Crippen molar-refractivity contribution in [3.63, 3.8) is 0 Å². The third-order valence-corrected chi connectivity index (χ3v) is 5.72. The van der Waals surface area contributed by atoms with Crippen LogP contribution in [0.3, 0.4) is 0 Å². The van der Waals surface area contributed by atoms with Gasteiger partial charge in [0.1, 0.15) is 0 Å². The highest BCUT2D eigenvalue weighted by Crippen LogP contribution is 2.47. The van der Waals surface area contributed by atoms with Gasteiger partial charge in [-0.05, 0) is 43.2 Å². The minimum absolute atomic E-state index is 0.132. The van der Waals surface area contributed by atoms with E-state index in [1.807, 2.05) is 17.8 Å². The van der Waals surface area contributed by atoms with E-state index in [0.29, 0.717) is 6.61 Å². The molecule has 2 aliphatic heterocycles. The molecule has 2 heterocycles. The van der Waals surface area contributed by atoms with Crippen molar-refractivity contribution >= 4 is 11.8 Å². The van der Waals surface area contributed by atoms with Crippen LogP contribution in [-0.2, 0) is 0 Å². The minimum atomic E-state index is 0.132. The zero-order valence-corrected chi connectivity index (χ0v) is 12.7. The van der Waals surface area contributed by atoms with E-state index in [-0.39, 0.29) is 10.8 Å². The summed E-state index contributed by atoms with van der Waals surface area (Å²) in [7, 11) is 0. The molecule has 0 spiro atoms. The zero-order valence-electron chi connectivity index (χ0n) is 11.9. The third-order valence-electron chi connectivity index (χ3n) is 4.13. The van der Waals surface area contributed by atoms with Crippen LogP contribution in [0.15, 0.2) is 18.2 Å². The lowest BCUT2D eigenvalue weighted by Crippen LogP contribution is -2.41. The normalized spacial score (nSPS) is 27.1. The number of hydrazine groups is 1. The molecule has 0 radical (unpaired) electrons. The van der Waals surface area contributed by atoms with E-state index in [2.05, 4.69) is 24.5 Å². The molecule has 2 unspecified atom stereocenters. The first-order valence-corrected chi connectivity index (χ1v) is 8.21. The van der Waals surface area contributed by atoms with Crippen molar-refractivity contribution in [2.24, 2.45) is 5.84 Å². The Morgan fingerprint density at radius 1 is 1.25 bits per heavy atom. The smallest absolute Gasteiger partial charge is 0.161 e. The quantitative estimate of drug-likeness (QED) is 0.663. The molecule has 5 heteroatoms. The molecule has 1 fully saturated rings. The van der Waals surface area contributed by atoms with Gasteiger partial charge in [0.05, 0.1) is 19.3 Å². The van der Waals surface area contributed by atoms with E-state index in [1.54, 1.807) is 0 Å². The summed E-state index contributed by atoms with van der Waals surface area (Å²) in [6, 6.07) is 6.31. The lowest BCUT2D eigenvalue weighted by atomic mass is 9.90. The second kappa shape index (κ2) is 5.84. The Morgan fingerprint density at radius 3 is 2.75 bits per heavy atom. The van der Waals surface area contributed by atoms with Gasteiger partial charge in [-0.15, -0.1) is 0 Å². The number of benzene rings is 1. The Hall–Kier alpha value is -0.910.